The fourth-order valence-electron chi connectivity index (χ4n) is 2.19. The van der Waals surface area contributed by atoms with Crippen LogP contribution in [0.1, 0.15) is 35.0 Å². The van der Waals surface area contributed by atoms with Gasteiger partial charge >= 0.3 is 0 Å². The molecule has 5 heteroatoms. The van der Waals surface area contributed by atoms with E-state index < -0.39 is 0 Å². The van der Waals surface area contributed by atoms with Crippen LogP contribution in [0.5, 0.6) is 5.75 Å². The first-order valence-corrected chi connectivity index (χ1v) is 8.20. The smallest absolute Gasteiger partial charge is 0.163 e. The summed E-state index contributed by atoms with van der Waals surface area (Å²) in [7, 11) is 1.94. The summed E-state index contributed by atoms with van der Waals surface area (Å²) in [6.45, 7) is 11.1. The normalized spacial score (nSPS) is 11.3. The minimum Gasteiger partial charge on any atom is -0.484 e. The molecule has 0 aliphatic rings. The Balaban J connectivity index is 1.88. The lowest BCUT2D eigenvalue weighted by atomic mass is 10.2. The fourth-order valence-corrected chi connectivity index (χ4v) is 3.09. The Bertz CT molecular complexity index is 586. The molecule has 2 aromatic heterocycles. The summed E-state index contributed by atoms with van der Waals surface area (Å²) in [5.41, 5.74) is 2.02. The third-order valence-electron chi connectivity index (χ3n) is 3.37. The number of thiophene rings is 1. The average molecular weight is 307 g/mol. The van der Waals surface area contributed by atoms with Crippen molar-refractivity contribution in [1.29, 1.82) is 0 Å². The Morgan fingerprint density at radius 3 is 2.62 bits per heavy atom. The Kier molecular flexibility index (Phi) is 5.42. The number of nitrogens with one attached hydrogen (secondary N) is 1. The van der Waals surface area contributed by atoms with Gasteiger partial charge in [0.1, 0.15) is 12.3 Å². The maximum absolute atomic E-state index is 5.94. The molecule has 0 unspecified atom stereocenters. The van der Waals surface area contributed by atoms with E-state index in [1.165, 1.54) is 9.75 Å². The van der Waals surface area contributed by atoms with Crippen molar-refractivity contribution >= 4 is 11.3 Å². The number of hydrogen-bond acceptors (Lipinski definition) is 4. The summed E-state index contributed by atoms with van der Waals surface area (Å²) in [5.74, 6) is 1.59. The third kappa shape index (κ3) is 4.32. The van der Waals surface area contributed by atoms with E-state index >= 15 is 0 Å². The van der Waals surface area contributed by atoms with Crippen molar-refractivity contribution in [2.24, 2.45) is 13.0 Å². The summed E-state index contributed by atoms with van der Waals surface area (Å²) in [6.07, 6.45) is 0. The predicted molar refractivity (Wildman–Crippen MR) is 87.9 cm³/mol. The first-order valence-electron chi connectivity index (χ1n) is 7.38. The number of rotatable bonds is 7. The van der Waals surface area contributed by atoms with E-state index in [1.807, 2.05) is 36.9 Å². The summed E-state index contributed by atoms with van der Waals surface area (Å²) in [5, 5.41) is 7.84. The zero-order chi connectivity index (χ0) is 15.4. The highest BCUT2D eigenvalue weighted by Gasteiger charge is 2.11. The highest BCUT2D eigenvalue weighted by atomic mass is 32.1. The Labute approximate surface area is 131 Å². The standard InChI is InChI=1S/C16H25N3OS/c1-11(2)8-17-9-14-6-7-15(21-14)10-20-16-12(3)18-19(5)13(16)4/h6-7,11,17H,8-10H2,1-5H3. The molecule has 0 bridgehead atoms. The van der Waals surface area contributed by atoms with Crippen molar-refractivity contribution in [3.63, 3.8) is 0 Å². The van der Waals surface area contributed by atoms with Gasteiger partial charge in [-0.25, -0.2) is 0 Å². The molecular weight excluding hydrogens is 282 g/mol. The Morgan fingerprint density at radius 2 is 2.00 bits per heavy atom. The van der Waals surface area contributed by atoms with Crippen molar-refractivity contribution in [2.45, 2.75) is 40.8 Å². The van der Waals surface area contributed by atoms with Gasteiger partial charge in [0.25, 0.3) is 0 Å². The van der Waals surface area contributed by atoms with Gasteiger partial charge in [0.15, 0.2) is 5.75 Å². The largest absolute Gasteiger partial charge is 0.484 e. The first-order chi connectivity index (χ1) is 9.97. The van der Waals surface area contributed by atoms with Crippen LogP contribution in [0.25, 0.3) is 0 Å². The van der Waals surface area contributed by atoms with E-state index in [0.717, 1.165) is 30.2 Å². The second-order valence-corrected chi connectivity index (χ2v) is 7.06. The lowest BCUT2D eigenvalue weighted by Crippen LogP contribution is -2.18. The number of hydrogen-bond donors (Lipinski definition) is 1. The SMILES string of the molecule is Cc1nn(C)c(C)c1OCc1ccc(CNCC(C)C)s1. The van der Waals surface area contributed by atoms with Crippen LogP contribution in [0.3, 0.4) is 0 Å². The molecule has 0 saturated heterocycles. The molecule has 4 nitrogen and oxygen atoms in total. The maximum Gasteiger partial charge on any atom is 0.163 e. The number of ether oxygens (including phenoxy) is 1. The van der Waals surface area contributed by atoms with Gasteiger partial charge in [0.05, 0.1) is 5.69 Å². The predicted octanol–water partition coefficient (Wildman–Crippen LogP) is 3.42. The molecule has 0 fully saturated rings. The Morgan fingerprint density at radius 1 is 1.29 bits per heavy atom. The zero-order valence-corrected chi connectivity index (χ0v) is 14.4. The van der Waals surface area contributed by atoms with Gasteiger partial charge < -0.3 is 10.1 Å². The number of aromatic nitrogens is 2. The van der Waals surface area contributed by atoms with Gasteiger partial charge in [-0.05, 0) is 38.4 Å². The lowest BCUT2D eigenvalue weighted by Gasteiger charge is -2.06. The molecular formula is C16H25N3OS. The van der Waals surface area contributed by atoms with Crippen LogP contribution in [-0.2, 0) is 20.2 Å². The average Bonchev–Trinajstić information content (AvgIpc) is 2.94. The highest BCUT2D eigenvalue weighted by Crippen LogP contribution is 2.24. The molecule has 0 aromatic carbocycles. The van der Waals surface area contributed by atoms with Gasteiger partial charge in [-0.2, -0.15) is 5.10 Å². The summed E-state index contributed by atoms with van der Waals surface area (Å²) >= 11 is 1.81. The van der Waals surface area contributed by atoms with Gasteiger partial charge in [0, 0.05) is 23.3 Å². The molecule has 2 rings (SSSR count). The molecule has 2 heterocycles. The Hall–Kier alpha value is -1.33. The molecule has 21 heavy (non-hydrogen) atoms. The monoisotopic (exact) mass is 307 g/mol. The van der Waals surface area contributed by atoms with E-state index in [2.05, 4.69) is 36.4 Å². The molecule has 2 aromatic rings. The molecule has 1 N–H and O–H groups in total. The van der Waals surface area contributed by atoms with E-state index in [-0.39, 0.29) is 0 Å². The molecule has 0 atom stereocenters. The molecule has 0 radical (unpaired) electrons. The second-order valence-electron chi connectivity index (χ2n) is 5.80. The van der Waals surface area contributed by atoms with Crippen LogP contribution in [0, 0.1) is 19.8 Å². The van der Waals surface area contributed by atoms with E-state index in [0.29, 0.717) is 12.5 Å². The number of aryl methyl sites for hydroxylation is 2. The van der Waals surface area contributed by atoms with Crippen LogP contribution in [0.15, 0.2) is 12.1 Å². The van der Waals surface area contributed by atoms with Crippen LogP contribution < -0.4 is 10.1 Å². The van der Waals surface area contributed by atoms with Gasteiger partial charge in [-0.15, -0.1) is 11.3 Å². The van der Waals surface area contributed by atoms with Gasteiger partial charge in [-0.3, -0.25) is 4.68 Å². The van der Waals surface area contributed by atoms with Crippen LogP contribution in [-0.4, -0.2) is 16.3 Å². The molecule has 0 amide bonds. The molecule has 0 aliphatic carbocycles. The van der Waals surface area contributed by atoms with Crippen molar-refractivity contribution < 1.29 is 4.74 Å². The fraction of sp³-hybridized carbons (Fsp3) is 0.562. The van der Waals surface area contributed by atoms with E-state index in [9.17, 15) is 0 Å². The van der Waals surface area contributed by atoms with Gasteiger partial charge in [0.2, 0.25) is 0 Å². The molecule has 0 spiro atoms. The van der Waals surface area contributed by atoms with Crippen molar-refractivity contribution in [3.8, 4) is 5.75 Å². The van der Waals surface area contributed by atoms with E-state index in [4.69, 9.17) is 4.74 Å². The molecule has 0 saturated carbocycles. The summed E-state index contributed by atoms with van der Waals surface area (Å²) < 4.78 is 7.80. The third-order valence-corrected chi connectivity index (χ3v) is 4.43. The lowest BCUT2D eigenvalue weighted by molar-refractivity contribution is 0.305. The molecule has 116 valence electrons. The second kappa shape index (κ2) is 7.09. The van der Waals surface area contributed by atoms with Gasteiger partial charge in [-0.1, -0.05) is 13.8 Å². The number of nitrogens with zero attached hydrogens (tertiary/aromatic N) is 2. The minimum atomic E-state index is 0.613. The van der Waals surface area contributed by atoms with Crippen molar-refractivity contribution in [2.75, 3.05) is 6.54 Å². The van der Waals surface area contributed by atoms with Crippen LogP contribution in [0.2, 0.25) is 0 Å². The summed E-state index contributed by atoms with van der Waals surface area (Å²) in [6, 6.07) is 4.33. The minimum absolute atomic E-state index is 0.613. The maximum atomic E-state index is 5.94. The van der Waals surface area contributed by atoms with Crippen LogP contribution in [0.4, 0.5) is 0 Å². The molecule has 0 aliphatic heterocycles. The van der Waals surface area contributed by atoms with Crippen LogP contribution >= 0.6 is 11.3 Å². The quantitative estimate of drug-likeness (QED) is 0.852. The van der Waals surface area contributed by atoms with Crippen molar-refractivity contribution in [3.05, 3.63) is 33.3 Å². The topological polar surface area (TPSA) is 39.1 Å². The summed E-state index contributed by atoms with van der Waals surface area (Å²) in [4.78, 5) is 2.60. The first kappa shape index (κ1) is 16.0. The van der Waals surface area contributed by atoms with Crippen molar-refractivity contribution in [1.82, 2.24) is 15.1 Å². The van der Waals surface area contributed by atoms with E-state index in [1.54, 1.807) is 0 Å². The highest BCUT2D eigenvalue weighted by molar-refractivity contribution is 7.11. The zero-order valence-electron chi connectivity index (χ0n) is 13.6.